The van der Waals surface area contributed by atoms with Crippen LogP contribution in [0.2, 0.25) is 0 Å². The first-order chi connectivity index (χ1) is 8.03. The van der Waals surface area contributed by atoms with E-state index in [1.54, 1.807) is 0 Å². The van der Waals surface area contributed by atoms with Gasteiger partial charge in [-0.15, -0.1) is 0 Å². The van der Waals surface area contributed by atoms with Crippen molar-refractivity contribution in [2.75, 3.05) is 13.1 Å². The van der Waals surface area contributed by atoms with Gasteiger partial charge in [0.05, 0.1) is 0 Å². The molecule has 0 heterocycles. The molecular weight excluding hydrogens is 206 g/mol. The molecule has 1 atom stereocenters. The van der Waals surface area contributed by atoms with Gasteiger partial charge in [0, 0.05) is 6.54 Å². The molecule has 0 saturated heterocycles. The molecule has 0 spiro atoms. The lowest BCUT2D eigenvalue weighted by atomic mass is 9.81. The van der Waals surface area contributed by atoms with Crippen LogP contribution >= 0.6 is 0 Å². The van der Waals surface area contributed by atoms with Gasteiger partial charge in [0.2, 0.25) is 0 Å². The molecule has 17 heavy (non-hydrogen) atoms. The van der Waals surface area contributed by atoms with Crippen molar-refractivity contribution in [2.24, 2.45) is 5.41 Å². The van der Waals surface area contributed by atoms with E-state index in [0.29, 0.717) is 11.3 Å². The molecule has 0 aromatic heterocycles. The zero-order chi connectivity index (χ0) is 12.7. The van der Waals surface area contributed by atoms with Crippen molar-refractivity contribution in [3.8, 4) is 0 Å². The standard InChI is InChI=1S/C16H27N/c1-5-11-17-13-15(12-16(2,3)4)14-9-7-6-8-10-14/h6-10,15,17H,5,11-13H2,1-4H3. The maximum absolute atomic E-state index is 3.56. The molecule has 1 rings (SSSR count). The number of rotatable bonds is 6. The lowest BCUT2D eigenvalue weighted by molar-refractivity contribution is 0.332. The first-order valence-electron chi connectivity index (χ1n) is 6.78. The molecule has 0 bridgehead atoms. The average molecular weight is 233 g/mol. The minimum absolute atomic E-state index is 0.383. The van der Waals surface area contributed by atoms with Gasteiger partial charge >= 0.3 is 0 Å². The summed E-state index contributed by atoms with van der Waals surface area (Å²) in [6.45, 7) is 11.4. The van der Waals surface area contributed by atoms with E-state index in [0.717, 1.165) is 13.1 Å². The van der Waals surface area contributed by atoms with Crippen LogP contribution in [0.25, 0.3) is 0 Å². The van der Waals surface area contributed by atoms with Gasteiger partial charge in [-0.2, -0.15) is 0 Å². The van der Waals surface area contributed by atoms with E-state index in [9.17, 15) is 0 Å². The fraction of sp³-hybridized carbons (Fsp3) is 0.625. The quantitative estimate of drug-likeness (QED) is 0.726. The Labute approximate surface area is 107 Å². The summed E-state index contributed by atoms with van der Waals surface area (Å²) in [7, 11) is 0. The second kappa shape index (κ2) is 6.80. The van der Waals surface area contributed by atoms with Gasteiger partial charge < -0.3 is 5.32 Å². The minimum atomic E-state index is 0.383. The van der Waals surface area contributed by atoms with E-state index in [2.05, 4.69) is 63.3 Å². The van der Waals surface area contributed by atoms with E-state index in [4.69, 9.17) is 0 Å². The van der Waals surface area contributed by atoms with E-state index in [1.165, 1.54) is 18.4 Å². The summed E-state index contributed by atoms with van der Waals surface area (Å²) in [6, 6.07) is 10.9. The van der Waals surface area contributed by atoms with Crippen LogP contribution in [0, 0.1) is 5.41 Å². The Bertz CT molecular complexity index is 297. The lowest BCUT2D eigenvalue weighted by Gasteiger charge is -2.26. The van der Waals surface area contributed by atoms with E-state index in [-0.39, 0.29) is 0 Å². The minimum Gasteiger partial charge on any atom is -0.316 e. The number of hydrogen-bond donors (Lipinski definition) is 1. The predicted octanol–water partition coefficient (Wildman–Crippen LogP) is 4.21. The van der Waals surface area contributed by atoms with Crippen molar-refractivity contribution in [2.45, 2.75) is 46.5 Å². The zero-order valence-corrected chi connectivity index (χ0v) is 11.8. The summed E-state index contributed by atoms with van der Waals surface area (Å²) >= 11 is 0. The van der Waals surface area contributed by atoms with Crippen molar-refractivity contribution in [3.05, 3.63) is 35.9 Å². The Morgan fingerprint density at radius 1 is 1.12 bits per heavy atom. The SMILES string of the molecule is CCCNCC(CC(C)(C)C)c1ccccc1. The number of nitrogens with one attached hydrogen (secondary N) is 1. The molecular formula is C16H27N. The summed E-state index contributed by atoms with van der Waals surface area (Å²) in [4.78, 5) is 0. The van der Waals surface area contributed by atoms with Crippen molar-refractivity contribution in [1.29, 1.82) is 0 Å². The third-order valence-corrected chi connectivity index (χ3v) is 2.95. The fourth-order valence-electron chi connectivity index (χ4n) is 2.23. The molecule has 1 aromatic carbocycles. The molecule has 0 aliphatic carbocycles. The average Bonchev–Trinajstić information content (AvgIpc) is 2.28. The van der Waals surface area contributed by atoms with Crippen molar-refractivity contribution in [3.63, 3.8) is 0 Å². The molecule has 0 aliphatic heterocycles. The summed E-state index contributed by atoms with van der Waals surface area (Å²) in [5.74, 6) is 0.628. The Hall–Kier alpha value is -0.820. The summed E-state index contributed by atoms with van der Waals surface area (Å²) < 4.78 is 0. The Balaban J connectivity index is 2.65. The second-order valence-corrected chi connectivity index (χ2v) is 6.08. The topological polar surface area (TPSA) is 12.0 Å². The monoisotopic (exact) mass is 233 g/mol. The summed E-state index contributed by atoms with van der Waals surface area (Å²) in [5.41, 5.74) is 1.85. The Morgan fingerprint density at radius 2 is 1.76 bits per heavy atom. The highest BCUT2D eigenvalue weighted by Gasteiger charge is 2.19. The molecule has 96 valence electrons. The molecule has 0 radical (unpaired) electrons. The van der Waals surface area contributed by atoms with Gasteiger partial charge in [-0.05, 0) is 36.3 Å². The molecule has 0 aliphatic rings. The van der Waals surface area contributed by atoms with Crippen LogP contribution in [0.5, 0.6) is 0 Å². The van der Waals surface area contributed by atoms with Crippen molar-refractivity contribution in [1.82, 2.24) is 5.32 Å². The van der Waals surface area contributed by atoms with Crippen LogP contribution in [0.3, 0.4) is 0 Å². The maximum Gasteiger partial charge on any atom is 0.00203 e. The number of hydrogen-bond acceptors (Lipinski definition) is 1. The van der Waals surface area contributed by atoms with Gasteiger partial charge in [-0.25, -0.2) is 0 Å². The highest BCUT2D eigenvalue weighted by Crippen LogP contribution is 2.30. The van der Waals surface area contributed by atoms with Crippen LogP contribution in [-0.2, 0) is 0 Å². The van der Waals surface area contributed by atoms with E-state index >= 15 is 0 Å². The Morgan fingerprint density at radius 3 is 2.29 bits per heavy atom. The van der Waals surface area contributed by atoms with Crippen LogP contribution < -0.4 is 5.32 Å². The molecule has 0 fully saturated rings. The Kier molecular flexibility index (Phi) is 5.70. The molecule has 0 saturated carbocycles. The van der Waals surface area contributed by atoms with Crippen molar-refractivity contribution >= 4 is 0 Å². The first-order valence-corrected chi connectivity index (χ1v) is 6.78. The lowest BCUT2D eigenvalue weighted by Crippen LogP contribution is -2.25. The second-order valence-electron chi connectivity index (χ2n) is 6.08. The van der Waals surface area contributed by atoms with Gasteiger partial charge in [-0.3, -0.25) is 0 Å². The normalized spacial score (nSPS) is 13.6. The zero-order valence-electron chi connectivity index (χ0n) is 11.8. The highest BCUT2D eigenvalue weighted by molar-refractivity contribution is 5.20. The van der Waals surface area contributed by atoms with Crippen LogP contribution in [0.15, 0.2) is 30.3 Å². The van der Waals surface area contributed by atoms with Gasteiger partial charge in [0.15, 0.2) is 0 Å². The molecule has 1 aromatic rings. The predicted molar refractivity (Wildman–Crippen MR) is 76.4 cm³/mol. The van der Waals surface area contributed by atoms with E-state index < -0.39 is 0 Å². The van der Waals surface area contributed by atoms with Gasteiger partial charge in [0.1, 0.15) is 0 Å². The van der Waals surface area contributed by atoms with Crippen LogP contribution in [0.1, 0.15) is 52.0 Å². The fourth-order valence-corrected chi connectivity index (χ4v) is 2.23. The van der Waals surface area contributed by atoms with Crippen molar-refractivity contribution < 1.29 is 0 Å². The third kappa shape index (κ3) is 5.88. The molecule has 1 N–H and O–H groups in total. The molecule has 0 amide bonds. The first kappa shape index (κ1) is 14.2. The van der Waals surface area contributed by atoms with E-state index in [1.807, 2.05) is 0 Å². The number of benzene rings is 1. The molecule has 1 unspecified atom stereocenters. The molecule has 1 heteroatoms. The maximum atomic E-state index is 3.56. The van der Waals surface area contributed by atoms with Crippen LogP contribution in [0.4, 0.5) is 0 Å². The van der Waals surface area contributed by atoms with Gasteiger partial charge in [-0.1, -0.05) is 58.0 Å². The summed E-state index contributed by atoms with van der Waals surface area (Å²) in [5, 5.41) is 3.56. The smallest absolute Gasteiger partial charge is 0.00203 e. The third-order valence-electron chi connectivity index (χ3n) is 2.95. The summed E-state index contributed by atoms with van der Waals surface area (Å²) in [6.07, 6.45) is 2.44. The van der Waals surface area contributed by atoms with Crippen LogP contribution in [-0.4, -0.2) is 13.1 Å². The van der Waals surface area contributed by atoms with Gasteiger partial charge in [0.25, 0.3) is 0 Å². The highest BCUT2D eigenvalue weighted by atomic mass is 14.8. The molecule has 1 nitrogen and oxygen atoms in total. The largest absolute Gasteiger partial charge is 0.316 e.